The van der Waals surface area contributed by atoms with Gasteiger partial charge in [0.25, 0.3) is 5.82 Å². The second kappa shape index (κ2) is 4.18. The van der Waals surface area contributed by atoms with Gasteiger partial charge in [-0.1, -0.05) is 0 Å². The average molecular weight is 224 g/mol. The minimum absolute atomic E-state index is 0.0297. The topological polar surface area (TPSA) is 80.8 Å². The summed E-state index contributed by atoms with van der Waals surface area (Å²) in [5.41, 5.74) is 0. The van der Waals surface area contributed by atoms with E-state index in [9.17, 15) is 4.79 Å². The highest BCUT2D eigenvalue weighted by atomic mass is 32.1. The molecule has 0 atom stereocenters. The summed E-state index contributed by atoms with van der Waals surface area (Å²) in [5.74, 6) is -0.0216. The summed E-state index contributed by atoms with van der Waals surface area (Å²) in [5, 5.41) is 8.89. The smallest absolute Gasteiger partial charge is 0.378 e. The third-order valence-electron chi connectivity index (χ3n) is 1.58. The molecule has 0 aliphatic carbocycles. The Morgan fingerprint density at radius 3 is 3.20 bits per heavy atom. The van der Waals surface area contributed by atoms with Gasteiger partial charge >= 0.3 is 5.97 Å². The van der Waals surface area contributed by atoms with Crippen LogP contribution < -0.4 is 0 Å². The van der Waals surface area contributed by atoms with Gasteiger partial charge in [-0.25, -0.2) is 9.78 Å². The molecule has 0 amide bonds. The van der Waals surface area contributed by atoms with Gasteiger partial charge in [-0.2, -0.15) is 4.98 Å². The molecule has 0 bridgehead atoms. The number of hydrogen-bond acceptors (Lipinski definition) is 6. The van der Waals surface area contributed by atoms with Crippen molar-refractivity contribution in [1.29, 1.82) is 0 Å². The molecule has 1 N–H and O–H groups in total. The van der Waals surface area contributed by atoms with Crippen LogP contribution in [-0.2, 0) is 4.74 Å². The van der Waals surface area contributed by atoms with Crippen molar-refractivity contribution < 1.29 is 9.53 Å². The van der Waals surface area contributed by atoms with Gasteiger partial charge in [0.2, 0.25) is 0 Å². The maximum atomic E-state index is 11.2. The third-order valence-corrected chi connectivity index (χ3v) is 2.36. The molecule has 2 aromatic rings. The first kappa shape index (κ1) is 9.78. The summed E-state index contributed by atoms with van der Waals surface area (Å²) in [7, 11) is 0. The zero-order valence-electron chi connectivity index (χ0n) is 7.93. The molecule has 0 fully saturated rings. The van der Waals surface area contributed by atoms with E-state index >= 15 is 0 Å². The van der Waals surface area contributed by atoms with Crippen LogP contribution in [0.15, 0.2) is 11.6 Å². The summed E-state index contributed by atoms with van der Waals surface area (Å²) in [4.78, 5) is 19.3. The molecule has 2 rings (SSSR count). The number of nitrogens with zero attached hydrogens (tertiary/aromatic N) is 3. The van der Waals surface area contributed by atoms with E-state index in [1.54, 1.807) is 13.1 Å². The van der Waals surface area contributed by atoms with Crippen molar-refractivity contribution in [1.82, 2.24) is 20.2 Å². The molecule has 2 heterocycles. The third kappa shape index (κ3) is 2.01. The van der Waals surface area contributed by atoms with Gasteiger partial charge in [0, 0.05) is 11.6 Å². The van der Waals surface area contributed by atoms with Gasteiger partial charge < -0.3 is 4.74 Å². The molecule has 2 aromatic heterocycles. The molecular weight excluding hydrogens is 216 g/mol. The van der Waals surface area contributed by atoms with E-state index in [4.69, 9.17) is 4.74 Å². The fourth-order valence-corrected chi connectivity index (χ4v) is 1.56. The van der Waals surface area contributed by atoms with Crippen molar-refractivity contribution in [2.24, 2.45) is 0 Å². The Labute approximate surface area is 89.3 Å². The first-order valence-corrected chi connectivity index (χ1v) is 5.18. The van der Waals surface area contributed by atoms with Crippen LogP contribution in [0.4, 0.5) is 0 Å². The molecule has 7 heteroatoms. The number of carbonyl (C=O) groups excluding carboxylic acids is 1. The van der Waals surface area contributed by atoms with Crippen LogP contribution in [0, 0.1) is 0 Å². The van der Waals surface area contributed by atoms with Crippen molar-refractivity contribution in [3.8, 4) is 10.8 Å². The average Bonchev–Trinajstić information content (AvgIpc) is 2.89. The van der Waals surface area contributed by atoms with Gasteiger partial charge in [0.15, 0.2) is 10.8 Å². The normalized spacial score (nSPS) is 10.2. The van der Waals surface area contributed by atoms with Gasteiger partial charge in [-0.3, -0.25) is 5.10 Å². The molecule has 0 aliphatic rings. The van der Waals surface area contributed by atoms with Crippen molar-refractivity contribution in [2.75, 3.05) is 6.61 Å². The number of H-pyrrole nitrogens is 1. The predicted molar refractivity (Wildman–Crippen MR) is 53.4 cm³/mol. The highest BCUT2D eigenvalue weighted by molar-refractivity contribution is 7.12. The molecule has 6 nitrogen and oxygen atoms in total. The predicted octanol–water partition coefficient (Wildman–Crippen LogP) is 1.10. The highest BCUT2D eigenvalue weighted by Gasteiger charge is 2.14. The van der Waals surface area contributed by atoms with Crippen molar-refractivity contribution in [3.05, 3.63) is 17.4 Å². The Kier molecular flexibility index (Phi) is 2.72. The Balaban J connectivity index is 2.21. The molecule has 0 radical (unpaired) electrons. The second-order valence-corrected chi connectivity index (χ2v) is 3.46. The number of esters is 1. The first-order valence-electron chi connectivity index (χ1n) is 4.30. The van der Waals surface area contributed by atoms with Crippen LogP contribution in [0.1, 0.15) is 17.5 Å². The van der Waals surface area contributed by atoms with Crippen molar-refractivity contribution in [2.45, 2.75) is 6.92 Å². The fraction of sp³-hybridized carbons (Fsp3) is 0.250. The van der Waals surface area contributed by atoms with E-state index < -0.39 is 5.97 Å². The molecule has 0 saturated heterocycles. The Hall–Kier alpha value is -1.76. The summed E-state index contributed by atoms with van der Waals surface area (Å²) in [6.45, 7) is 2.03. The van der Waals surface area contributed by atoms with Crippen LogP contribution in [0.5, 0.6) is 0 Å². The molecule has 0 saturated carbocycles. The maximum absolute atomic E-state index is 11.2. The number of hydrogen-bond donors (Lipinski definition) is 1. The number of rotatable bonds is 3. The monoisotopic (exact) mass is 224 g/mol. The number of carbonyl (C=O) groups is 1. The lowest BCUT2D eigenvalue weighted by Gasteiger charge is -1.93. The maximum Gasteiger partial charge on any atom is 0.378 e. The Bertz CT molecular complexity index is 451. The van der Waals surface area contributed by atoms with Crippen LogP contribution in [0.3, 0.4) is 0 Å². The van der Waals surface area contributed by atoms with Crippen molar-refractivity contribution in [3.63, 3.8) is 0 Å². The first-order chi connectivity index (χ1) is 7.31. The number of thiazole rings is 1. The number of aromatic nitrogens is 4. The van der Waals surface area contributed by atoms with Crippen LogP contribution >= 0.6 is 11.3 Å². The zero-order chi connectivity index (χ0) is 10.7. The van der Waals surface area contributed by atoms with Crippen LogP contribution in [0.2, 0.25) is 0 Å². The standard InChI is InChI=1S/C8H8N4O2S/c1-2-14-8(13)6-10-5(11-12-6)7-9-3-4-15-7/h3-4H,2H2,1H3,(H,10,11,12). The Morgan fingerprint density at radius 2 is 2.53 bits per heavy atom. The molecule has 0 unspecified atom stereocenters. The van der Waals surface area contributed by atoms with Crippen LogP contribution in [-0.4, -0.2) is 32.7 Å². The minimum atomic E-state index is -0.531. The van der Waals surface area contributed by atoms with Gasteiger partial charge in [0.1, 0.15) is 0 Å². The van der Waals surface area contributed by atoms with E-state index in [0.29, 0.717) is 17.4 Å². The number of aromatic amines is 1. The SMILES string of the molecule is CCOC(=O)c1n[nH]c(-c2nccs2)n1. The van der Waals surface area contributed by atoms with Crippen molar-refractivity contribution >= 4 is 17.3 Å². The lowest BCUT2D eigenvalue weighted by molar-refractivity contribution is 0.0512. The lowest BCUT2D eigenvalue weighted by atomic mass is 10.6. The molecule has 0 spiro atoms. The molecule has 15 heavy (non-hydrogen) atoms. The summed E-state index contributed by atoms with van der Waals surface area (Å²) < 4.78 is 4.76. The number of nitrogens with one attached hydrogen (secondary N) is 1. The molecule has 0 aromatic carbocycles. The Morgan fingerprint density at radius 1 is 1.67 bits per heavy atom. The van der Waals surface area contributed by atoms with E-state index in [1.165, 1.54) is 11.3 Å². The quantitative estimate of drug-likeness (QED) is 0.790. The van der Waals surface area contributed by atoms with Gasteiger partial charge in [-0.05, 0) is 6.92 Å². The molecule has 78 valence electrons. The minimum Gasteiger partial charge on any atom is -0.460 e. The second-order valence-electron chi connectivity index (χ2n) is 2.57. The van der Waals surface area contributed by atoms with E-state index in [-0.39, 0.29) is 5.82 Å². The summed E-state index contributed by atoms with van der Waals surface area (Å²) in [6.07, 6.45) is 1.66. The van der Waals surface area contributed by atoms with E-state index in [0.717, 1.165) is 0 Å². The van der Waals surface area contributed by atoms with E-state index in [1.807, 2.05) is 5.38 Å². The van der Waals surface area contributed by atoms with E-state index in [2.05, 4.69) is 20.2 Å². The number of ether oxygens (including phenoxy) is 1. The fourth-order valence-electron chi connectivity index (χ4n) is 0.985. The summed E-state index contributed by atoms with van der Waals surface area (Å²) >= 11 is 1.42. The summed E-state index contributed by atoms with van der Waals surface area (Å²) in [6, 6.07) is 0. The molecule has 0 aliphatic heterocycles. The zero-order valence-corrected chi connectivity index (χ0v) is 8.74. The highest BCUT2D eigenvalue weighted by Crippen LogP contribution is 2.16. The molecular formula is C8H8N4O2S. The lowest BCUT2D eigenvalue weighted by Crippen LogP contribution is -2.06. The van der Waals surface area contributed by atoms with Gasteiger partial charge in [0.05, 0.1) is 6.61 Å². The largest absolute Gasteiger partial charge is 0.460 e. The van der Waals surface area contributed by atoms with Crippen LogP contribution in [0.25, 0.3) is 10.8 Å². The van der Waals surface area contributed by atoms with Gasteiger partial charge in [-0.15, -0.1) is 16.4 Å².